The van der Waals surface area contributed by atoms with E-state index in [9.17, 15) is 13.2 Å². The molecule has 2 rings (SSSR count). The number of nitrogens with zero attached hydrogens (tertiary/aromatic N) is 1. The highest BCUT2D eigenvalue weighted by Crippen LogP contribution is 2.37. The van der Waals surface area contributed by atoms with Crippen molar-refractivity contribution in [3.8, 4) is 0 Å². The maximum Gasteiger partial charge on any atom is 0.417 e. The Morgan fingerprint density at radius 2 is 2.10 bits per heavy atom. The van der Waals surface area contributed by atoms with Gasteiger partial charge in [0.25, 0.3) is 0 Å². The summed E-state index contributed by atoms with van der Waals surface area (Å²) in [5.74, 6) is 0. The van der Waals surface area contributed by atoms with E-state index >= 15 is 0 Å². The quantitative estimate of drug-likeness (QED) is 0.834. The summed E-state index contributed by atoms with van der Waals surface area (Å²) in [5, 5.41) is 17.1. The lowest BCUT2D eigenvalue weighted by molar-refractivity contribution is -0.137. The zero-order valence-electron chi connectivity index (χ0n) is 11.0. The van der Waals surface area contributed by atoms with E-state index in [1.54, 1.807) is 4.90 Å². The molecule has 0 aromatic heterocycles. The van der Waals surface area contributed by atoms with Crippen molar-refractivity contribution in [1.82, 2.24) is 0 Å². The lowest BCUT2D eigenvalue weighted by Crippen LogP contribution is -2.26. The lowest BCUT2D eigenvalue weighted by Gasteiger charge is -2.21. The van der Waals surface area contributed by atoms with Gasteiger partial charge in [0.1, 0.15) is 0 Å². The first-order valence-electron chi connectivity index (χ1n) is 6.37. The molecule has 1 aliphatic heterocycles. The van der Waals surface area contributed by atoms with Gasteiger partial charge in [0, 0.05) is 18.8 Å². The Morgan fingerprint density at radius 1 is 1.38 bits per heavy atom. The van der Waals surface area contributed by atoms with Crippen molar-refractivity contribution in [1.29, 1.82) is 0 Å². The summed E-state index contributed by atoms with van der Waals surface area (Å²) >= 11 is 5.58. The van der Waals surface area contributed by atoms with E-state index in [2.05, 4.69) is 0 Å². The molecule has 21 heavy (non-hydrogen) atoms. The molecule has 1 aromatic carbocycles. The molecule has 0 radical (unpaired) electrons. The molecular weight excluding hydrogens is 311 g/mol. The first-order valence-corrected chi connectivity index (χ1v) is 6.74. The molecule has 1 aliphatic rings. The summed E-state index contributed by atoms with van der Waals surface area (Å²) in [5.41, 5.74) is -0.445. The number of aliphatic hydroxyl groups excluding tert-OH is 1. The van der Waals surface area contributed by atoms with Gasteiger partial charge in [-0.15, -0.1) is 0 Å². The monoisotopic (exact) mass is 325 g/mol. The predicted molar refractivity (Wildman–Crippen MR) is 71.2 cm³/mol. The summed E-state index contributed by atoms with van der Waals surface area (Å²) < 4.78 is 43.7. The molecule has 0 saturated carbocycles. The van der Waals surface area contributed by atoms with E-state index < -0.39 is 18.0 Å². The summed E-state index contributed by atoms with van der Waals surface area (Å²) in [7, 11) is 0. The van der Waals surface area contributed by atoms with Gasteiger partial charge in [-0.25, -0.2) is 0 Å². The van der Waals surface area contributed by atoms with Gasteiger partial charge < -0.3 is 19.8 Å². The van der Waals surface area contributed by atoms with Crippen molar-refractivity contribution in [3.05, 3.63) is 28.8 Å². The van der Waals surface area contributed by atoms with Crippen LogP contribution in [0.3, 0.4) is 0 Å². The third kappa shape index (κ3) is 4.23. The Morgan fingerprint density at radius 3 is 2.71 bits per heavy atom. The lowest BCUT2D eigenvalue weighted by atomic mass is 10.2. The van der Waals surface area contributed by atoms with Crippen LogP contribution in [-0.4, -0.2) is 42.3 Å². The Bertz CT molecular complexity index is 496. The number of anilines is 1. The molecule has 1 saturated heterocycles. The number of halogens is 4. The van der Waals surface area contributed by atoms with Crippen LogP contribution in [0.4, 0.5) is 18.9 Å². The number of ether oxygens (including phenoxy) is 1. The van der Waals surface area contributed by atoms with Gasteiger partial charge in [0.2, 0.25) is 0 Å². The number of benzene rings is 1. The maximum atomic E-state index is 12.8. The van der Waals surface area contributed by atoms with Gasteiger partial charge in [0.05, 0.1) is 23.3 Å². The molecule has 1 fully saturated rings. The SMILES string of the molecule is OC(O)COC1CCN(c2ccc(Cl)c(C(F)(F)F)c2)C1. The van der Waals surface area contributed by atoms with Crippen LogP contribution in [0.2, 0.25) is 5.02 Å². The molecule has 1 aromatic rings. The predicted octanol–water partition coefficient (Wildman–Crippen LogP) is 2.26. The summed E-state index contributed by atoms with van der Waals surface area (Å²) in [4.78, 5) is 1.75. The van der Waals surface area contributed by atoms with Crippen LogP contribution in [0, 0.1) is 0 Å². The minimum absolute atomic E-state index is 0.215. The van der Waals surface area contributed by atoms with Crippen molar-refractivity contribution in [3.63, 3.8) is 0 Å². The van der Waals surface area contributed by atoms with Crippen LogP contribution in [-0.2, 0) is 10.9 Å². The Labute approximate surface area is 124 Å². The zero-order valence-corrected chi connectivity index (χ0v) is 11.7. The van der Waals surface area contributed by atoms with Gasteiger partial charge in [-0.05, 0) is 24.6 Å². The van der Waals surface area contributed by atoms with Gasteiger partial charge in [-0.3, -0.25) is 0 Å². The highest BCUT2D eigenvalue weighted by Gasteiger charge is 2.34. The largest absolute Gasteiger partial charge is 0.417 e. The van der Waals surface area contributed by atoms with Crippen molar-refractivity contribution >= 4 is 17.3 Å². The van der Waals surface area contributed by atoms with Crippen molar-refractivity contribution in [2.45, 2.75) is 25.0 Å². The molecule has 1 heterocycles. The molecule has 0 aliphatic carbocycles. The third-order valence-electron chi connectivity index (χ3n) is 3.25. The van der Waals surface area contributed by atoms with E-state index in [0.29, 0.717) is 25.2 Å². The number of hydrogen-bond acceptors (Lipinski definition) is 4. The van der Waals surface area contributed by atoms with E-state index in [1.807, 2.05) is 0 Å². The Kier molecular flexibility index (Phi) is 4.98. The van der Waals surface area contributed by atoms with Crippen LogP contribution in [0.25, 0.3) is 0 Å². The van der Waals surface area contributed by atoms with E-state index in [1.165, 1.54) is 12.1 Å². The molecule has 4 nitrogen and oxygen atoms in total. The first kappa shape index (κ1) is 16.4. The number of aliphatic hydroxyl groups is 2. The highest BCUT2D eigenvalue weighted by molar-refractivity contribution is 6.31. The van der Waals surface area contributed by atoms with Crippen LogP contribution >= 0.6 is 11.6 Å². The molecule has 8 heteroatoms. The maximum absolute atomic E-state index is 12.8. The number of alkyl halides is 3. The molecule has 0 spiro atoms. The molecule has 1 atom stereocenters. The standard InChI is InChI=1S/C13H15ClF3NO3/c14-11-2-1-8(5-10(11)13(15,16)17)18-4-3-9(6-18)21-7-12(19)20/h1-2,5,9,12,19-20H,3-4,6-7H2. The fourth-order valence-corrected chi connectivity index (χ4v) is 2.47. The van der Waals surface area contributed by atoms with Crippen LogP contribution in [0.5, 0.6) is 0 Å². The highest BCUT2D eigenvalue weighted by atomic mass is 35.5. The van der Waals surface area contributed by atoms with Gasteiger partial charge in [0.15, 0.2) is 6.29 Å². The normalized spacial score (nSPS) is 19.6. The van der Waals surface area contributed by atoms with E-state index in [0.717, 1.165) is 6.07 Å². The van der Waals surface area contributed by atoms with Crippen molar-refractivity contribution in [2.75, 3.05) is 24.6 Å². The summed E-state index contributed by atoms with van der Waals surface area (Å²) in [6.07, 6.45) is -5.68. The summed E-state index contributed by atoms with van der Waals surface area (Å²) in [6, 6.07) is 3.78. The van der Waals surface area contributed by atoms with Gasteiger partial charge >= 0.3 is 6.18 Å². The molecule has 2 N–H and O–H groups in total. The van der Waals surface area contributed by atoms with Crippen molar-refractivity contribution in [2.24, 2.45) is 0 Å². The average Bonchev–Trinajstić information content (AvgIpc) is 2.84. The van der Waals surface area contributed by atoms with E-state index in [-0.39, 0.29) is 17.7 Å². The van der Waals surface area contributed by atoms with Gasteiger partial charge in [-0.1, -0.05) is 11.6 Å². The van der Waals surface area contributed by atoms with Crippen LogP contribution < -0.4 is 4.90 Å². The van der Waals surface area contributed by atoms with Crippen LogP contribution in [0.1, 0.15) is 12.0 Å². The molecule has 0 amide bonds. The topological polar surface area (TPSA) is 52.9 Å². The fraction of sp³-hybridized carbons (Fsp3) is 0.538. The molecular formula is C13H15ClF3NO3. The molecule has 1 unspecified atom stereocenters. The Balaban J connectivity index is 2.06. The second-order valence-electron chi connectivity index (χ2n) is 4.83. The molecule has 118 valence electrons. The Hall–Kier alpha value is -1.02. The minimum Gasteiger partial charge on any atom is -0.371 e. The van der Waals surface area contributed by atoms with Gasteiger partial charge in [-0.2, -0.15) is 13.2 Å². The zero-order chi connectivity index (χ0) is 15.6. The second kappa shape index (κ2) is 6.39. The number of rotatable bonds is 4. The smallest absolute Gasteiger partial charge is 0.371 e. The third-order valence-corrected chi connectivity index (χ3v) is 3.58. The number of hydrogen-bond donors (Lipinski definition) is 2. The fourth-order valence-electron chi connectivity index (χ4n) is 2.25. The van der Waals surface area contributed by atoms with Crippen molar-refractivity contribution < 1.29 is 28.1 Å². The average molecular weight is 326 g/mol. The van der Waals surface area contributed by atoms with E-state index in [4.69, 9.17) is 26.6 Å². The summed E-state index contributed by atoms with van der Waals surface area (Å²) in [6.45, 7) is 0.712. The second-order valence-corrected chi connectivity index (χ2v) is 5.24. The minimum atomic E-state index is -4.50. The van der Waals surface area contributed by atoms with Crippen LogP contribution in [0.15, 0.2) is 18.2 Å². The molecule has 0 bridgehead atoms. The first-order chi connectivity index (χ1) is 9.77.